The van der Waals surface area contributed by atoms with E-state index in [0.29, 0.717) is 13.0 Å². The van der Waals surface area contributed by atoms with Crippen molar-refractivity contribution >= 4 is 13.8 Å². The third kappa shape index (κ3) is 23.2. The number of carbonyl (C=O) groups is 1. The van der Waals surface area contributed by atoms with Gasteiger partial charge < -0.3 is 39.9 Å². The summed E-state index contributed by atoms with van der Waals surface area (Å²) in [6, 6.07) is 0. The zero-order valence-electron chi connectivity index (χ0n) is 31.6. The molecule has 6 atom stereocenters. The Morgan fingerprint density at radius 3 is 1.71 bits per heavy atom. The van der Waals surface area contributed by atoms with Crippen molar-refractivity contribution in [2.45, 2.75) is 172 Å². The zero-order chi connectivity index (χ0) is 38.5. The molecule has 1 aliphatic rings. The van der Waals surface area contributed by atoms with E-state index in [9.17, 15) is 39.8 Å². The minimum Gasteiger partial charge on any atom is -0.457 e. The number of carbonyl (C=O) groups excluding carboxylic acids is 1. The van der Waals surface area contributed by atoms with E-state index in [1.54, 1.807) is 0 Å². The number of esters is 1. The van der Waals surface area contributed by atoms with Gasteiger partial charge in [-0.3, -0.25) is 13.8 Å². The van der Waals surface area contributed by atoms with Crippen molar-refractivity contribution in [3.63, 3.8) is 0 Å². The van der Waals surface area contributed by atoms with Crippen molar-refractivity contribution in [2.75, 3.05) is 19.8 Å². The molecule has 0 aromatic carbocycles. The first-order valence-corrected chi connectivity index (χ1v) is 21.0. The van der Waals surface area contributed by atoms with E-state index in [2.05, 4.69) is 62.5 Å². The fraction of sp³-hybridized carbons (Fsp3) is 0.769. The lowest BCUT2D eigenvalue weighted by molar-refractivity contribution is -0.220. The summed E-state index contributed by atoms with van der Waals surface area (Å²) in [5.41, 5.74) is 0. The number of aliphatic hydroxyl groups is 5. The Morgan fingerprint density at radius 1 is 0.635 bits per heavy atom. The molecule has 1 saturated carbocycles. The zero-order valence-corrected chi connectivity index (χ0v) is 32.5. The van der Waals surface area contributed by atoms with Crippen LogP contribution in [-0.2, 0) is 27.9 Å². The molecule has 1 fully saturated rings. The van der Waals surface area contributed by atoms with Crippen molar-refractivity contribution in [3.8, 4) is 0 Å². The molecule has 0 aliphatic heterocycles. The van der Waals surface area contributed by atoms with Crippen LogP contribution in [0.25, 0.3) is 0 Å². The predicted molar refractivity (Wildman–Crippen MR) is 202 cm³/mol. The summed E-state index contributed by atoms with van der Waals surface area (Å²) >= 11 is 0. The Kier molecular flexibility index (Phi) is 28.4. The number of allylic oxidation sites excluding steroid dienone is 8. The average Bonchev–Trinajstić information content (AvgIpc) is 3.12. The van der Waals surface area contributed by atoms with E-state index in [4.69, 9.17) is 18.5 Å². The van der Waals surface area contributed by atoms with Gasteiger partial charge in [0.1, 0.15) is 42.7 Å². The van der Waals surface area contributed by atoms with Crippen molar-refractivity contribution in [1.29, 1.82) is 0 Å². The molecule has 0 saturated heterocycles. The summed E-state index contributed by atoms with van der Waals surface area (Å²) in [7, 11) is -5.01. The molecule has 0 heterocycles. The van der Waals surface area contributed by atoms with E-state index < -0.39 is 63.1 Å². The first-order chi connectivity index (χ1) is 25.0. The highest BCUT2D eigenvalue weighted by Gasteiger charge is 2.51. The van der Waals surface area contributed by atoms with Crippen molar-refractivity contribution in [1.82, 2.24) is 0 Å². The second-order valence-corrected chi connectivity index (χ2v) is 14.8. The molecule has 6 N–H and O–H groups in total. The van der Waals surface area contributed by atoms with Crippen LogP contribution in [0.2, 0.25) is 0 Å². The highest BCUT2D eigenvalue weighted by Crippen LogP contribution is 2.47. The van der Waals surface area contributed by atoms with Gasteiger partial charge in [-0.2, -0.15) is 0 Å². The molecule has 0 radical (unpaired) electrons. The van der Waals surface area contributed by atoms with Crippen molar-refractivity contribution in [3.05, 3.63) is 48.6 Å². The number of unbranched alkanes of at least 4 members (excludes halogenated alkanes) is 11. The highest BCUT2D eigenvalue weighted by molar-refractivity contribution is 7.47. The van der Waals surface area contributed by atoms with Crippen molar-refractivity contribution in [2.24, 2.45) is 0 Å². The summed E-state index contributed by atoms with van der Waals surface area (Å²) in [5, 5.41) is 49.9. The number of phosphoric acid groups is 1. The second kappa shape index (κ2) is 30.6. The number of ether oxygens (including phenoxy) is 2. The van der Waals surface area contributed by atoms with E-state index in [1.807, 2.05) is 0 Å². The quantitative estimate of drug-likeness (QED) is 0.0194. The Balaban J connectivity index is 2.48. The van der Waals surface area contributed by atoms with Gasteiger partial charge >= 0.3 is 13.8 Å². The second-order valence-electron chi connectivity index (χ2n) is 13.4. The fourth-order valence-electron chi connectivity index (χ4n) is 5.58. The molecular formula is C39H69O12P. The smallest absolute Gasteiger partial charge is 0.457 e. The van der Waals surface area contributed by atoms with Gasteiger partial charge in [0.2, 0.25) is 0 Å². The summed E-state index contributed by atoms with van der Waals surface area (Å²) < 4.78 is 33.9. The molecule has 1 rings (SSSR count). The lowest BCUT2D eigenvalue weighted by atomic mass is 9.85. The van der Waals surface area contributed by atoms with E-state index in [1.165, 1.54) is 32.1 Å². The molecule has 0 amide bonds. The third-order valence-corrected chi connectivity index (χ3v) is 9.70. The number of aliphatic hydroxyl groups excluding tert-OH is 5. The lowest BCUT2D eigenvalue weighted by Crippen LogP contribution is -2.64. The number of phosphoric ester groups is 1. The van der Waals surface area contributed by atoms with Crippen LogP contribution in [0, 0.1) is 0 Å². The maximum atomic E-state index is 12.7. The van der Waals surface area contributed by atoms with E-state index in [0.717, 1.165) is 70.6 Å². The Morgan fingerprint density at radius 2 is 1.13 bits per heavy atom. The SMILES string of the molecule is CC/C=C\C/C=C\C/C=C\C/C=C\CCCCCOCC(COP(=O)(O)OC1C(O)C(O)C(O)C(O)C1O)OC(=O)CCCCCCCCCCC. The van der Waals surface area contributed by atoms with Gasteiger partial charge in [-0.05, 0) is 51.4 Å². The average molecular weight is 761 g/mol. The third-order valence-electron chi connectivity index (χ3n) is 8.72. The van der Waals surface area contributed by atoms with E-state index in [-0.39, 0.29) is 13.0 Å². The number of hydrogen-bond donors (Lipinski definition) is 6. The molecule has 0 aromatic rings. The summed E-state index contributed by atoms with van der Waals surface area (Å²) in [4.78, 5) is 22.9. The van der Waals surface area contributed by atoms with Gasteiger partial charge in [-0.25, -0.2) is 4.57 Å². The van der Waals surface area contributed by atoms with Crippen LogP contribution in [-0.4, -0.2) is 98.9 Å². The minimum absolute atomic E-state index is 0.0985. The van der Waals surface area contributed by atoms with Crippen molar-refractivity contribution < 1.29 is 58.3 Å². The minimum atomic E-state index is -5.01. The maximum Gasteiger partial charge on any atom is 0.472 e. The normalized spacial score (nSPS) is 24.4. The molecule has 6 unspecified atom stereocenters. The van der Waals surface area contributed by atoms with Gasteiger partial charge in [0.25, 0.3) is 0 Å². The van der Waals surface area contributed by atoms with Gasteiger partial charge in [0.05, 0.1) is 13.2 Å². The van der Waals surface area contributed by atoms with Gasteiger partial charge in [0, 0.05) is 13.0 Å². The topological polar surface area (TPSA) is 192 Å². The van der Waals surface area contributed by atoms with Crippen LogP contribution in [0.4, 0.5) is 0 Å². The maximum absolute atomic E-state index is 12.7. The molecule has 13 heteroatoms. The Bertz CT molecular complexity index is 1050. The molecule has 52 heavy (non-hydrogen) atoms. The van der Waals surface area contributed by atoms with Gasteiger partial charge in [-0.1, -0.05) is 120 Å². The molecular weight excluding hydrogens is 691 g/mol. The summed E-state index contributed by atoms with van der Waals surface area (Å²) in [6.45, 7) is 4.01. The number of rotatable bonds is 31. The predicted octanol–water partition coefficient (Wildman–Crippen LogP) is 6.52. The molecule has 1 aliphatic carbocycles. The lowest BCUT2D eigenvalue weighted by Gasteiger charge is -2.41. The van der Waals surface area contributed by atoms with Crippen LogP contribution < -0.4 is 0 Å². The number of hydrogen-bond acceptors (Lipinski definition) is 11. The van der Waals surface area contributed by atoms with Crippen LogP contribution in [0.3, 0.4) is 0 Å². The van der Waals surface area contributed by atoms with Crippen LogP contribution in [0.5, 0.6) is 0 Å². The first-order valence-electron chi connectivity index (χ1n) is 19.5. The summed E-state index contributed by atoms with van der Waals surface area (Å²) in [6.07, 6.45) is 22.1. The van der Waals surface area contributed by atoms with Crippen LogP contribution >= 0.6 is 7.82 Å². The van der Waals surface area contributed by atoms with Crippen LogP contribution in [0.15, 0.2) is 48.6 Å². The molecule has 0 aromatic heterocycles. The van der Waals surface area contributed by atoms with Gasteiger partial charge in [-0.15, -0.1) is 0 Å². The van der Waals surface area contributed by atoms with Gasteiger partial charge in [0.15, 0.2) is 0 Å². The monoisotopic (exact) mass is 760 g/mol. The van der Waals surface area contributed by atoms with E-state index >= 15 is 0 Å². The van der Waals surface area contributed by atoms with Crippen LogP contribution in [0.1, 0.15) is 129 Å². The molecule has 12 nitrogen and oxygen atoms in total. The largest absolute Gasteiger partial charge is 0.472 e. The fourth-order valence-corrected chi connectivity index (χ4v) is 6.55. The standard InChI is InChI=1S/C39H69O12P/c1-3-5-7-9-11-13-14-15-16-17-18-19-21-23-25-27-29-48-30-32(50-33(40)28-26-24-22-20-12-10-8-6-4-2)31-49-52(46,47)51-39-37(44)35(42)34(41)36(43)38(39)45/h5,7,11,13,15-16,18-19,32,34-39,41-45H,3-4,6,8-10,12,14,17,20-31H2,1-2H3,(H,46,47)/b7-5-,13-11-,16-15-,19-18-. The highest BCUT2D eigenvalue weighted by atomic mass is 31.2. The molecule has 0 bridgehead atoms. The Hall–Kier alpha value is -1.70. The summed E-state index contributed by atoms with van der Waals surface area (Å²) in [5.74, 6) is -0.495. The Labute approximate surface area is 312 Å². The first kappa shape index (κ1) is 48.3. The molecule has 302 valence electrons. The molecule has 0 spiro atoms.